The standard InChI is InChI=1S/C16H16N2O4S/c1-8-3-10-5-13(22-12(10)4-9(8)2)15(19)17-6-14-18-11(7-23-14)16(20)21/h3-4,7,13H,5-6H2,1-2H3,(H,17,19)(H,20,21)/t13-/m0/s1. The van der Waals surface area contributed by atoms with Gasteiger partial charge in [0.2, 0.25) is 0 Å². The lowest BCUT2D eigenvalue weighted by Gasteiger charge is -2.10. The van der Waals surface area contributed by atoms with E-state index in [0.29, 0.717) is 11.4 Å². The number of aromatic carboxylic acids is 1. The number of carbonyl (C=O) groups is 2. The van der Waals surface area contributed by atoms with Gasteiger partial charge in [-0.15, -0.1) is 11.3 Å². The van der Waals surface area contributed by atoms with Gasteiger partial charge in [-0.1, -0.05) is 6.07 Å². The fourth-order valence-corrected chi connectivity index (χ4v) is 3.13. The molecule has 0 bridgehead atoms. The van der Waals surface area contributed by atoms with Crippen molar-refractivity contribution in [2.75, 3.05) is 0 Å². The average molecular weight is 332 g/mol. The third-order valence-corrected chi connectivity index (χ3v) is 4.68. The number of hydrogen-bond acceptors (Lipinski definition) is 5. The zero-order valence-corrected chi connectivity index (χ0v) is 13.6. The predicted molar refractivity (Wildman–Crippen MR) is 85.0 cm³/mol. The molecule has 2 N–H and O–H groups in total. The molecule has 3 rings (SSSR count). The van der Waals surface area contributed by atoms with Gasteiger partial charge in [0.25, 0.3) is 5.91 Å². The van der Waals surface area contributed by atoms with Crippen LogP contribution in [0.15, 0.2) is 17.5 Å². The summed E-state index contributed by atoms with van der Waals surface area (Å²) in [7, 11) is 0. The molecule has 0 aliphatic carbocycles. The Bertz CT molecular complexity index is 753. The number of amides is 1. The van der Waals surface area contributed by atoms with Crippen LogP contribution in [0.5, 0.6) is 5.75 Å². The molecule has 1 amide bonds. The summed E-state index contributed by atoms with van der Waals surface area (Å²) in [5.41, 5.74) is 3.34. The van der Waals surface area contributed by atoms with Crippen molar-refractivity contribution in [1.29, 1.82) is 0 Å². The van der Waals surface area contributed by atoms with Gasteiger partial charge >= 0.3 is 5.97 Å². The minimum Gasteiger partial charge on any atom is -0.480 e. The minimum atomic E-state index is -1.07. The molecule has 7 heteroatoms. The summed E-state index contributed by atoms with van der Waals surface area (Å²) in [4.78, 5) is 26.9. The van der Waals surface area contributed by atoms with Gasteiger partial charge in [0.15, 0.2) is 11.8 Å². The lowest BCUT2D eigenvalue weighted by atomic mass is 10.0. The Morgan fingerprint density at radius 1 is 1.39 bits per heavy atom. The lowest BCUT2D eigenvalue weighted by molar-refractivity contribution is -0.127. The lowest BCUT2D eigenvalue weighted by Crippen LogP contribution is -2.37. The van der Waals surface area contributed by atoms with Crippen molar-refractivity contribution >= 4 is 23.2 Å². The first-order valence-corrected chi connectivity index (χ1v) is 8.04. The highest BCUT2D eigenvalue weighted by atomic mass is 32.1. The van der Waals surface area contributed by atoms with Gasteiger partial charge in [-0.3, -0.25) is 4.79 Å². The Kier molecular flexibility index (Phi) is 4.04. The third kappa shape index (κ3) is 3.19. The first-order valence-electron chi connectivity index (χ1n) is 7.16. The first kappa shape index (κ1) is 15.5. The highest BCUT2D eigenvalue weighted by Gasteiger charge is 2.29. The molecule has 1 aromatic carbocycles. The maximum atomic E-state index is 12.2. The van der Waals surface area contributed by atoms with Gasteiger partial charge in [-0.2, -0.15) is 0 Å². The van der Waals surface area contributed by atoms with Gasteiger partial charge in [0.05, 0.1) is 6.54 Å². The second-order valence-electron chi connectivity index (χ2n) is 5.50. The van der Waals surface area contributed by atoms with Gasteiger partial charge in [-0.25, -0.2) is 9.78 Å². The smallest absolute Gasteiger partial charge is 0.355 e. The summed E-state index contributed by atoms with van der Waals surface area (Å²) in [5, 5.41) is 13.6. The van der Waals surface area contributed by atoms with Gasteiger partial charge in [-0.05, 0) is 36.6 Å². The molecule has 0 saturated heterocycles. The summed E-state index contributed by atoms with van der Waals surface area (Å²) in [6.45, 7) is 4.24. The number of carboxylic acid groups (broad SMARTS) is 1. The van der Waals surface area contributed by atoms with Crippen molar-refractivity contribution in [2.45, 2.75) is 32.9 Å². The zero-order chi connectivity index (χ0) is 16.6. The summed E-state index contributed by atoms with van der Waals surface area (Å²) in [6, 6.07) is 4.01. The Labute approximate surface area is 137 Å². The molecular weight excluding hydrogens is 316 g/mol. The zero-order valence-electron chi connectivity index (χ0n) is 12.8. The number of hydrogen-bond donors (Lipinski definition) is 2. The van der Waals surface area contributed by atoms with Crippen molar-refractivity contribution in [3.8, 4) is 5.75 Å². The van der Waals surface area contributed by atoms with Crippen molar-refractivity contribution in [3.63, 3.8) is 0 Å². The highest BCUT2D eigenvalue weighted by molar-refractivity contribution is 7.09. The number of nitrogens with one attached hydrogen (secondary N) is 1. The van der Waals surface area contributed by atoms with Crippen LogP contribution in [-0.4, -0.2) is 28.1 Å². The summed E-state index contributed by atoms with van der Waals surface area (Å²) in [5.74, 6) is -0.529. The van der Waals surface area contributed by atoms with E-state index in [1.807, 2.05) is 19.9 Å². The van der Waals surface area contributed by atoms with E-state index in [2.05, 4.69) is 16.4 Å². The van der Waals surface area contributed by atoms with Gasteiger partial charge < -0.3 is 15.2 Å². The van der Waals surface area contributed by atoms with Crippen molar-refractivity contribution < 1.29 is 19.4 Å². The maximum absolute atomic E-state index is 12.2. The number of aryl methyl sites for hydroxylation is 2. The number of ether oxygens (including phenoxy) is 1. The summed E-state index contributed by atoms with van der Waals surface area (Å²) < 4.78 is 5.71. The van der Waals surface area contributed by atoms with Gasteiger partial charge in [0, 0.05) is 11.8 Å². The molecule has 2 aromatic rings. The molecule has 1 aromatic heterocycles. The Morgan fingerprint density at radius 2 is 2.13 bits per heavy atom. The Morgan fingerprint density at radius 3 is 2.83 bits per heavy atom. The molecule has 2 heterocycles. The third-order valence-electron chi connectivity index (χ3n) is 3.83. The van der Waals surface area contributed by atoms with Crippen molar-refractivity contribution in [2.24, 2.45) is 0 Å². The Balaban J connectivity index is 1.60. The van der Waals surface area contributed by atoms with E-state index in [4.69, 9.17) is 9.84 Å². The van der Waals surface area contributed by atoms with E-state index in [1.165, 1.54) is 22.3 Å². The molecule has 120 valence electrons. The van der Waals surface area contributed by atoms with Crippen LogP contribution in [0.25, 0.3) is 0 Å². The molecule has 6 nitrogen and oxygen atoms in total. The maximum Gasteiger partial charge on any atom is 0.355 e. The number of aromatic nitrogens is 1. The van der Waals surface area contributed by atoms with E-state index in [9.17, 15) is 9.59 Å². The number of fused-ring (bicyclic) bond motifs is 1. The molecular formula is C16H16N2O4S. The van der Waals surface area contributed by atoms with Crippen LogP contribution in [0, 0.1) is 13.8 Å². The average Bonchev–Trinajstić information content (AvgIpc) is 3.12. The number of thiazole rings is 1. The Hall–Kier alpha value is -2.41. The topological polar surface area (TPSA) is 88.5 Å². The SMILES string of the molecule is Cc1cc2c(cc1C)O[C@H](C(=O)NCc1nc(C(=O)O)cs1)C2. The number of carbonyl (C=O) groups excluding carboxylic acids is 1. The molecule has 0 saturated carbocycles. The number of rotatable bonds is 4. The van der Waals surface area contributed by atoms with E-state index in [1.54, 1.807) is 0 Å². The molecule has 23 heavy (non-hydrogen) atoms. The van der Waals surface area contributed by atoms with Gasteiger partial charge in [0.1, 0.15) is 10.8 Å². The van der Waals surface area contributed by atoms with Crippen LogP contribution in [-0.2, 0) is 17.8 Å². The second kappa shape index (κ2) is 6.00. The van der Waals surface area contributed by atoms with E-state index < -0.39 is 12.1 Å². The van der Waals surface area contributed by atoms with E-state index in [-0.39, 0.29) is 18.1 Å². The molecule has 1 aliphatic heterocycles. The first-order chi connectivity index (χ1) is 10.9. The van der Waals surface area contributed by atoms with Crippen molar-refractivity contribution in [3.05, 3.63) is 44.9 Å². The molecule has 0 unspecified atom stereocenters. The van der Waals surface area contributed by atoms with E-state index >= 15 is 0 Å². The van der Waals surface area contributed by atoms with E-state index in [0.717, 1.165) is 16.9 Å². The fourth-order valence-electron chi connectivity index (χ4n) is 2.43. The summed E-state index contributed by atoms with van der Waals surface area (Å²) >= 11 is 1.21. The van der Waals surface area contributed by atoms with Crippen LogP contribution in [0.4, 0.5) is 0 Å². The van der Waals surface area contributed by atoms with Crippen LogP contribution >= 0.6 is 11.3 Å². The quantitative estimate of drug-likeness (QED) is 0.895. The van der Waals surface area contributed by atoms with Crippen LogP contribution in [0.3, 0.4) is 0 Å². The monoisotopic (exact) mass is 332 g/mol. The highest BCUT2D eigenvalue weighted by Crippen LogP contribution is 2.31. The molecule has 1 atom stereocenters. The fraction of sp³-hybridized carbons (Fsp3) is 0.312. The summed E-state index contributed by atoms with van der Waals surface area (Å²) in [6.07, 6.45) is -0.00863. The van der Waals surface area contributed by atoms with Crippen LogP contribution in [0.1, 0.15) is 32.2 Å². The van der Waals surface area contributed by atoms with Crippen molar-refractivity contribution in [1.82, 2.24) is 10.3 Å². The molecule has 1 aliphatic rings. The number of nitrogens with zero attached hydrogens (tertiary/aromatic N) is 1. The predicted octanol–water partition coefficient (Wildman–Crippen LogP) is 2.08. The second-order valence-corrected chi connectivity index (χ2v) is 6.45. The minimum absolute atomic E-state index is 0.00489. The normalized spacial score (nSPS) is 15.8. The van der Waals surface area contributed by atoms with Crippen LogP contribution in [0.2, 0.25) is 0 Å². The molecule has 0 spiro atoms. The number of carboxylic acids is 1. The largest absolute Gasteiger partial charge is 0.480 e. The molecule has 0 fully saturated rings. The molecule has 0 radical (unpaired) electrons. The van der Waals surface area contributed by atoms with Crippen LogP contribution < -0.4 is 10.1 Å². The number of benzene rings is 1.